The molecule has 32 heavy (non-hydrogen) atoms. The van der Waals surface area contributed by atoms with Gasteiger partial charge in [0.2, 0.25) is 11.8 Å². The number of nitrogens with zero attached hydrogens (tertiary/aromatic N) is 3. The fraction of sp³-hybridized carbons (Fsp3) is 0.615. The first-order chi connectivity index (χ1) is 15.6. The molecule has 2 saturated heterocycles. The van der Waals surface area contributed by atoms with E-state index in [2.05, 4.69) is 34.2 Å². The lowest BCUT2D eigenvalue weighted by Gasteiger charge is -2.31. The number of oxazole rings is 1. The van der Waals surface area contributed by atoms with Crippen LogP contribution in [0.3, 0.4) is 0 Å². The van der Waals surface area contributed by atoms with Gasteiger partial charge in [-0.15, -0.1) is 0 Å². The highest BCUT2D eigenvalue weighted by atomic mass is 16.4. The molecule has 2 aliphatic rings. The number of aromatic nitrogens is 1. The number of piperidine rings is 2. The average Bonchev–Trinajstić information content (AvgIpc) is 3.18. The van der Waals surface area contributed by atoms with Crippen molar-refractivity contribution in [2.45, 2.75) is 58.9 Å². The van der Waals surface area contributed by atoms with Gasteiger partial charge in [0.05, 0.1) is 5.69 Å². The molecule has 0 radical (unpaired) electrons. The fourth-order valence-corrected chi connectivity index (χ4v) is 4.88. The van der Waals surface area contributed by atoms with Gasteiger partial charge in [0.1, 0.15) is 5.76 Å². The van der Waals surface area contributed by atoms with Crippen LogP contribution in [0.25, 0.3) is 11.5 Å². The lowest BCUT2D eigenvalue weighted by molar-refractivity contribution is -0.126. The molecule has 2 fully saturated rings. The number of amides is 1. The molecule has 2 aromatic rings. The van der Waals surface area contributed by atoms with Crippen LogP contribution in [-0.4, -0.2) is 60.0 Å². The monoisotopic (exact) mass is 438 g/mol. The van der Waals surface area contributed by atoms with E-state index in [1.54, 1.807) is 0 Å². The number of hydrogen-bond acceptors (Lipinski definition) is 5. The minimum Gasteiger partial charge on any atom is -0.441 e. The van der Waals surface area contributed by atoms with Gasteiger partial charge in [0.15, 0.2) is 0 Å². The molecule has 1 aromatic heterocycles. The van der Waals surface area contributed by atoms with Crippen molar-refractivity contribution < 1.29 is 9.21 Å². The number of carbonyl (C=O) groups is 1. The van der Waals surface area contributed by atoms with Gasteiger partial charge in [-0.25, -0.2) is 4.98 Å². The average molecular weight is 439 g/mol. The highest BCUT2D eigenvalue weighted by Gasteiger charge is 2.26. The van der Waals surface area contributed by atoms with Crippen molar-refractivity contribution in [1.82, 2.24) is 20.1 Å². The summed E-state index contributed by atoms with van der Waals surface area (Å²) < 4.78 is 5.95. The van der Waals surface area contributed by atoms with Gasteiger partial charge in [0.25, 0.3) is 0 Å². The molecule has 0 saturated carbocycles. The fourth-order valence-electron chi connectivity index (χ4n) is 4.88. The molecular formula is C26H38N4O2. The van der Waals surface area contributed by atoms with Crippen molar-refractivity contribution in [3.05, 3.63) is 41.3 Å². The minimum absolute atomic E-state index is 0.141. The second kappa shape index (κ2) is 11.1. The van der Waals surface area contributed by atoms with Crippen molar-refractivity contribution in [3.8, 4) is 11.5 Å². The van der Waals surface area contributed by atoms with Crippen LogP contribution in [0, 0.1) is 19.8 Å². The molecule has 0 bridgehead atoms. The summed E-state index contributed by atoms with van der Waals surface area (Å²) >= 11 is 0. The molecule has 0 spiro atoms. The van der Waals surface area contributed by atoms with Crippen LogP contribution in [0.15, 0.2) is 28.7 Å². The highest BCUT2D eigenvalue weighted by Crippen LogP contribution is 2.25. The van der Waals surface area contributed by atoms with E-state index in [0.717, 1.165) is 69.0 Å². The Hall–Kier alpha value is -2.18. The number of aryl methyl sites for hydroxylation is 2. The van der Waals surface area contributed by atoms with E-state index in [4.69, 9.17) is 9.40 Å². The molecule has 4 rings (SSSR count). The predicted octanol–water partition coefficient (Wildman–Crippen LogP) is 4.16. The van der Waals surface area contributed by atoms with Gasteiger partial charge >= 0.3 is 0 Å². The molecule has 0 atom stereocenters. The lowest BCUT2D eigenvalue weighted by Crippen LogP contribution is -2.41. The zero-order chi connectivity index (χ0) is 22.3. The predicted molar refractivity (Wildman–Crippen MR) is 127 cm³/mol. The normalized spacial score (nSPS) is 18.7. The Bertz CT molecular complexity index is 880. The van der Waals surface area contributed by atoms with Gasteiger partial charge in [-0.1, -0.05) is 24.1 Å². The van der Waals surface area contributed by atoms with Crippen LogP contribution >= 0.6 is 0 Å². The smallest absolute Gasteiger partial charge is 0.226 e. The first kappa shape index (κ1) is 23.0. The molecule has 3 heterocycles. The van der Waals surface area contributed by atoms with E-state index in [1.165, 1.54) is 37.9 Å². The largest absolute Gasteiger partial charge is 0.441 e. The molecule has 174 valence electrons. The van der Waals surface area contributed by atoms with E-state index >= 15 is 0 Å². The molecule has 6 heteroatoms. The Balaban J connectivity index is 1.19. The number of benzene rings is 1. The van der Waals surface area contributed by atoms with Crippen LogP contribution in [0.1, 0.15) is 55.5 Å². The second-order valence-corrected chi connectivity index (χ2v) is 9.49. The molecular weight excluding hydrogens is 400 g/mol. The molecule has 1 N–H and O–H groups in total. The molecule has 0 unspecified atom stereocenters. The number of nitrogens with one attached hydrogen (secondary N) is 1. The van der Waals surface area contributed by atoms with Crippen molar-refractivity contribution in [1.29, 1.82) is 0 Å². The topological polar surface area (TPSA) is 61.6 Å². The van der Waals surface area contributed by atoms with Crippen LogP contribution < -0.4 is 5.32 Å². The van der Waals surface area contributed by atoms with Crippen LogP contribution in [0.4, 0.5) is 0 Å². The Morgan fingerprint density at radius 1 is 1.09 bits per heavy atom. The quantitative estimate of drug-likeness (QED) is 0.627. The standard InChI is InChI=1S/C26H38N4O2/c1-20-8-6-9-23(18-20)26-28-24(21(2)32-26)19-30-16-10-22(11-17-30)25(31)27-12-7-15-29-13-4-3-5-14-29/h6,8-9,18,22H,3-5,7,10-17,19H2,1-2H3,(H,27,31). The first-order valence-corrected chi connectivity index (χ1v) is 12.3. The third kappa shape index (κ3) is 6.20. The second-order valence-electron chi connectivity index (χ2n) is 9.49. The van der Waals surface area contributed by atoms with Crippen molar-refractivity contribution in [2.75, 3.05) is 39.3 Å². The summed E-state index contributed by atoms with van der Waals surface area (Å²) in [5.41, 5.74) is 3.23. The maximum Gasteiger partial charge on any atom is 0.226 e. The highest BCUT2D eigenvalue weighted by molar-refractivity contribution is 5.78. The van der Waals surface area contributed by atoms with E-state index in [-0.39, 0.29) is 11.8 Å². The van der Waals surface area contributed by atoms with Gasteiger partial charge in [-0.3, -0.25) is 9.69 Å². The summed E-state index contributed by atoms with van der Waals surface area (Å²) in [6.07, 6.45) is 6.91. The van der Waals surface area contributed by atoms with Crippen molar-refractivity contribution in [2.24, 2.45) is 5.92 Å². The third-order valence-corrected chi connectivity index (χ3v) is 6.89. The summed E-state index contributed by atoms with van der Waals surface area (Å²) in [4.78, 5) is 22.3. The summed E-state index contributed by atoms with van der Waals surface area (Å²) in [6.45, 7) is 11.1. The van der Waals surface area contributed by atoms with E-state index in [0.29, 0.717) is 5.89 Å². The van der Waals surface area contributed by atoms with Gasteiger partial charge < -0.3 is 14.6 Å². The first-order valence-electron chi connectivity index (χ1n) is 12.3. The maximum absolute atomic E-state index is 12.6. The number of likely N-dealkylation sites (tertiary alicyclic amines) is 2. The Kier molecular flexibility index (Phi) is 7.98. The zero-order valence-corrected chi connectivity index (χ0v) is 19.7. The molecule has 6 nitrogen and oxygen atoms in total. The summed E-state index contributed by atoms with van der Waals surface area (Å²) in [5.74, 6) is 1.96. The Morgan fingerprint density at radius 2 is 1.88 bits per heavy atom. The van der Waals surface area contributed by atoms with Crippen LogP contribution in [0.2, 0.25) is 0 Å². The number of carbonyl (C=O) groups excluding carboxylic acids is 1. The lowest BCUT2D eigenvalue weighted by atomic mass is 9.95. The Labute approximate surface area is 192 Å². The molecule has 0 aliphatic carbocycles. The minimum atomic E-state index is 0.141. The van der Waals surface area contributed by atoms with E-state index in [1.807, 2.05) is 19.1 Å². The number of hydrogen-bond donors (Lipinski definition) is 1. The third-order valence-electron chi connectivity index (χ3n) is 6.89. The van der Waals surface area contributed by atoms with Gasteiger partial charge in [0, 0.05) is 24.6 Å². The van der Waals surface area contributed by atoms with Crippen molar-refractivity contribution >= 4 is 5.91 Å². The summed E-state index contributed by atoms with van der Waals surface area (Å²) in [7, 11) is 0. The SMILES string of the molecule is Cc1cccc(-c2nc(CN3CCC(C(=O)NCCCN4CCCCC4)CC3)c(C)o2)c1. The maximum atomic E-state index is 12.6. The van der Waals surface area contributed by atoms with Gasteiger partial charge in [-0.05, 0) is 90.8 Å². The molecule has 1 aromatic carbocycles. The van der Waals surface area contributed by atoms with E-state index < -0.39 is 0 Å². The van der Waals surface area contributed by atoms with Crippen LogP contribution in [0.5, 0.6) is 0 Å². The number of rotatable bonds is 8. The Morgan fingerprint density at radius 3 is 2.62 bits per heavy atom. The zero-order valence-electron chi connectivity index (χ0n) is 19.7. The summed E-state index contributed by atoms with van der Waals surface area (Å²) in [5, 5.41) is 3.18. The van der Waals surface area contributed by atoms with Crippen molar-refractivity contribution in [3.63, 3.8) is 0 Å². The molecule has 2 aliphatic heterocycles. The van der Waals surface area contributed by atoms with E-state index in [9.17, 15) is 4.79 Å². The summed E-state index contributed by atoms with van der Waals surface area (Å²) in [6, 6.07) is 8.26. The van der Waals surface area contributed by atoms with Gasteiger partial charge in [-0.2, -0.15) is 0 Å². The van der Waals surface area contributed by atoms with Crippen LogP contribution in [-0.2, 0) is 11.3 Å². The molecule has 1 amide bonds.